The molecule has 19 heavy (non-hydrogen) atoms. The van der Waals surface area contributed by atoms with Crippen molar-refractivity contribution in [2.45, 2.75) is 84.9 Å². The molecule has 0 aliphatic heterocycles. The Hall–Kier alpha value is -0.0800. The summed E-state index contributed by atoms with van der Waals surface area (Å²) in [6, 6.07) is 1.41. The van der Waals surface area contributed by atoms with Crippen molar-refractivity contribution in [2.24, 2.45) is 17.3 Å². The highest BCUT2D eigenvalue weighted by Gasteiger charge is 2.49. The van der Waals surface area contributed by atoms with Crippen molar-refractivity contribution in [3.8, 4) is 0 Å². The van der Waals surface area contributed by atoms with Crippen LogP contribution >= 0.6 is 0 Å². The molecule has 0 aromatic heterocycles. The zero-order valence-electron chi connectivity index (χ0n) is 13.5. The van der Waals surface area contributed by atoms with Crippen LogP contribution in [0.25, 0.3) is 0 Å². The molecule has 2 heteroatoms. The summed E-state index contributed by atoms with van der Waals surface area (Å²) >= 11 is 0. The minimum atomic E-state index is 0.310. The second-order valence-corrected chi connectivity index (χ2v) is 7.58. The Morgan fingerprint density at radius 2 is 1.79 bits per heavy atom. The third kappa shape index (κ3) is 3.33. The largest absolute Gasteiger partial charge is 0.378 e. The molecule has 0 saturated heterocycles. The molecular formula is C17H33NO. The van der Waals surface area contributed by atoms with Crippen molar-refractivity contribution >= 4 is 0 Å². The zero-order valence-corrected chi connectivity index (χ0v) is 13.5. The number of hydrogen-bond acceptors (Lipinski definition) is 2. The van der Waals surface area contributed by atoms with Crippen LogP contribution in [0.3, 0.4) is 0 Å². The van der Waals surface area contributed by atoms with Gasteiger partial charge < -0.3 is 10.1 Å². The van der Waals surface area contributed by atoms with Crippen LogP contribution in [-0.4, -0.2) is 24.8 Å². The minimum absolute atomic E-state index is 0.310. The molecule has 2 nitrogen and oxygen atoms in total. The number of nitrogens with one attached hydrogen (secondary N) is 1. The van der Waals surface area contributed by atoms with Crippen LogP contribution in [0.15, 0.2) is 0 Å². The molecule has 2 aliphatic rings. The van der Waals surface area contributed by atoms with Crippen LogP contribution in [0.4, 0.5) is 0 Å². The van der Waals surface area contributed by atoms with Crippen LogP contribution < -0.4 is 5.32 Å². The topological polar surface area (TPSA) is 21.3 Å². The summed E-state index contributed by atoms with van der Waals surface area (Å²) in [6.07, 6.45) is 7.23. The summed E-state index contributed by atoms with van der Waals surface area (Å²) in [7, 11) is 0. The maximum Gasteiger partial charge on any atom is 0.0655 e. The number of hydrogen-bond donors (Lipinski definition) is 1. The summed E-state index contributed by atoms with van der Waals surface area (Å²) in [6.45, 7) is 12.4. The van der Waals surface area contributed by atoms with Gasteiger partial charge in [0.15, 0.2) is 0 Å². The average Bonchev–Trinajstić information content (AvgIpc) is 2.38. The summed E-state index contributed by atoms with van der Waals surface area (Å²) in [5, 5.41) is 3.91. The fraction of sp³-hybridized carbons (Fsp3) is 1.00. The van der Waals surface area contributed by atoms with Gasteiger partial charge in [-0.1, -0.05) is 27.7 Å². The van der Waals surface area contributed by atoms with Crippen LogP contribution in [0, 0.1) is 17.3 Å². The first kappa shape index (κ1) is 15.3. The van der Waals surface area contributed by atoms with Gasteiger partial charge in [0.1, 0.15) is 0 Å². The third-order valence-corrected chi connectivity index (χ3v) is 5.70. The van der Waals surface area contributed by atoms with E-state index in [9.17, 15) is 0 Å². The van der Waals surface area contributed by atoms with E-state index in [1.54, 1.807) is 0 Å². The molecule has 2 unspecified atom stereocenters. The summed E-state index contributed by atoms with van der Waals surface area (Å²) in [4.78, 5) is 0. The van der Waals surface area contributed by atoms with Crippen LogP contribution in [0.1, 0.15) is 66.7 Å². The van der Waals surface area contributed by atoms with Crippen LogP contribution in [0.5, 0.6) is 0 Å². The molecule has 2 saturated carbocycles. The molecular weight excluding hydrogens is 234 g/mol. The molecule has 1 N–H and O–H groups in total. The Morgan fingerprint density at radius 1 is 1.16 bits per heavy atom. The van der Waals surface area contributed by atoms with Crippen molar-refractivity contribution in [3.63, 3.8) is 0 Å². The van der Waals surface area contributed by atoms with Gasteiger partial charge >= 0.3 is 0 Å². The van der Waals surface area contributed by atoms with Gasteiger partial charge in [-0.15, -0.1) is 0 Å². The Labute approximate surface area is 119 Å². The van der Waals surface area contributed by atoms with Gasteiger partial charge in [0, 0.05) is 24.1 Å². The fourth-order valence-corrected chi connectivity index (χ4v) is 3.89. The maximum atomic E-state index is 5.82. The molecule has 112 valence electrons. The highest BCUT2D eigenvalue weighted by molar-refractivity contribution is 5.04. The normalized spacial score (nSPS) is 38.2. The smallest absolute Gasteiger partial charge is 0.0655 e. The number of ether oxygens (including phenoxy) is 1. The Bertz CT molecular complexity index is 279. The number of rotatable bonds is 5. The van der Waals surface area contributed by atoms with E-state index in [2.05, 4.69) is 39.9 Å². The second-order valence-electron chi connectivity index (χ2n) is 7.58. The highest BCUT2D eigenvalue weighted by atomic mass is 16.5. The lowest BCUT2D eigenvalue weighted by Crippen LogP contribution is -2.63. The van der Waals surface area contributed by atoms with Crippen LogP contribution in [0.2, 0.25) is 0 Å². The van der Waals surface area contributed by atoms with E-state index in [1.165, 1.54) is 32.1 Å². The van der Waals surface area contributed by atoms with Gasteiger partial charge in [0.05, 0.1) is 6.10 Å². The summed E-state index contributed by atoms with van der Waals surface area (Å²) in [5.74, 6) is 1.83. The molecule has 0 aromatic rings. The monoisotopic (exact) mass is 267 g/mol. The van der Waals surface area contributed by atoms with Crippen molar-refractivity contribution in [1.82, 2.24) is 5.32 Å². The molecule has 0 radical (unpaired) electrons. The highest BCUT2D eigenvalue weighted by Crippen LogP contribution is 2.43. The summed E-state index contributed by atoms with van der Waals surface area (Å²) in [5.41, 5.74) is 0.310. The van der Waals surface area contributed by atoms with Crippen LogP contribution in [-0.2, 0) is 4.74 Å². The zero-order chi connectivity index (χ0) is 14.0. The first-order valence-electron chi connectivity index (χ1n) is 8.32. The quantitative estimate of drug-likeness (QED) is 0.813. The Morgan fingerprint density at radius 3 is 2.26 bits per heavy atom. The van der Waals surface area contributed by atoms with Gasteiger partial charge in [0.2, 0.25) is 0 Å². The van der Waals surface area contributed by atoms with E-state index in [0.717, 1.165) is 24.5 Å². The molecule has 2 atom stereocenters. The molecule has 0 amide bonds. The second kappa shape index (κ2) is 6.13. The van der Waals surface area contributed by atoms with Gasteiger partial charge in [-0.25, -0.2) is 0 Å². The molecule has 0 bridgehead atoms. The van der Waals surface area contributed by atoms with E-state index in [1.807, 2.05) is 0 Å². The maximum absolute atomic E-state index is 5.82. The van der Waals surface area contributed by atoms with Gasteiger partial charge in [0.25, 0.3) is 0 Å². The van der Waals surface area contributed by atoms with Crippen molar-refractivity contribution in [3.05, 3.63) is 0 Å². The van der Waals surface area contributed by atoms with E-state index in [0.29, 0.717) is 17.6 Å². The minimum Gasteiger partial charge on any atom is -0.378 e. The summed E-state index contributed by atoms with van der Waals surface area (Å²) < 4.78 is 5.82. The lowest BCUT2D eigenvalue weighted by atomic mass is 9.64. The molecule has 0 spiro atoms. The van der Waals surface area contributed by atoms with E-state index < -0.39 is 0 Å². The Kier molecular flexibility index (Phi) is 4.94. The molecule has 2 aliphatic carbocycles. The fourth-order valence-electron chi connectivity index (χ4n) is 3.89. The SMILES string of the molecule is CCOC1CC(NC2CCC(C(C)C)CC2)C1(C)C. The first-order chi connectivity index (χ1) is 8.95. The van der Waals surface area contributed by atoms with Gasteiger partial charge in [-0.2, -0.15) is 0 Å². The van der Waals surface area contributed by atoms with E-state index in [4.69, 9.17) is 4.74 Å². The Balaban J connectivity index is 1.75. The third-order valence-electron chi connectivity index (χ3n) is 5.70. The average molecular weight is 267 g/mol. The predicted octanol–water partition coefficient (Wildman–Crippen LogP) is 3.99. The molecule has 0 aromatic carbocycles. The lowest BCUT2D eigenvalue weighted by Gasteiger charge is -2.53. The lowest BCUT2D eigenvalue weighted by molar-refractivity contribution is -0.117. The van der Waals surface area contributed by atoms with Crippen molar-refractivity contribution < 1.29 is 4.74 Å². The van der Waals surface area contributed by atoms with Gasteiger partial charge in [-0.05, 0) is 50.9 Å². The molecule has 2 fully saturated rings. The molecule has 0 heterocycles. The van der Waals surface area contributed by atoms with E-state index in [-0.39, 0.29) is 0 Å². The van der Waals surface area contributed by atoms with E-state index >= 15 is 0 Å². The van der Waals surface area contributed by atoms with Gasteiger partial charge in [-0.3, -0.25) is 0 Å². The molecule has 2 rings (SSSR count). The first-order valence-corrected chi connectivity index (χ1v) is 8.32. The van der Waals surface area contributed by atoms with Crippen molar-refractivity contribution in [1.29, 1.82) is 0 Å². The van der Waals surface area contributed by atoms with Crippen molar-refractivity contribution in [2.75, 3.05) is 6.61 Å². The standard InChI is InChI=1S/C17H33NO/c1-6-19-16-11-15(17(16,4)5)18-14-9-7-13(8-10-14)12(2)3/h12-16,18H,6-11H2,1-5H3. The predicted molar refractivity (Wildman–Crippen MR) is 81.3 cm³/mol.